The third-order valence-corrected chi connectivity index (χ3v) is 7.33. The summed E-state index contributed by atoms with van der Waals surface area (Å²) < 4.78 is 37.0. The van der Waals surface area contributed by atoms with Gasteiger partial charge in [-0.1, -0.05) is 103 Å². The quantitative estimate of drug-likeness (QED) is 0.135. The predicted octanol–water partition coefficient (Wildman–Crippen LogP) is 6.48. The van der Waals surface area contributed by atoms with E-state index < -0.39 is 36.7 Å². The highest BCUT2D eigenvalue weighted by Gasteiger charge is 2.45. The van der Waals surface area contributed by atoms with Crippen molar-refractivity contribution in [1.82, 2.24) is 0 Å². The number of hydrogen-bond acceptors (Lipinski definition) is 7. The second-order valence-corrected chi connectivity index (χ2v) is 10.7. The van der Waals surface area contributed by atoms with E-state index in [9.17, 15) is 4.79 Å². The van der Waals surface area contributed by atoms with E-state index in [0.29, 0.717) is 26.2 Å². The molecule has 7 nitrogen and oxygen atoms in total. The summed E-state index contributed by atoms with van der Waals surface area (Å²) in [5.41, 5.74) is 3.77. The molecule has 0 bridgehead atoms. The number of carbonyl (C=O) groups excluding carboxylic acids is 1. The minimum Gasteiger partial charge on any atom is -0.497 e. The van der Waals surface area contributed by atoms with Gasteiger partial charge in [0.15, 0.2) is 12.4 Å². The van der Waals surface area contributed by atoms with Crippen LogP contribution in [-0.4, -0.2) is 43.8 Å². The minimum absolute atomic E-state index is 0.302. The Morgan fingerprint density at radius 2 is 1.31 bits per heavy atom. The Morgan fingerprint density at radius 3 is 1.91 bits per heavy atom. The van der Waals surface area contributed by atoms with Gasteiger partial charge < -0.3 is 28.4 Å². The first-order valence-corrected chi connectivity index (χ1v) is 15.0. The van der Waals surface area contributed by atoms with Crippen molar-refractivity contribution in [1.29, 1.82) is 0 Å². The lowest BCUT2D eigenvalue weighted by molar-refractivity contribution is -0.285. The fraction of sp³-hybridized carbons (Fsp3) is 0.289. The Bertz CT molecular complexity index is 1510. The lowest BCUT2D eigenvalue weighted by atomic mass is 9.96. The van der Waals surface area contributed by atoms with Gasteiger partial charge in [0.2, 0.25) is 0 Å². The Labute approximate surface area is 265 Å². The van der Waals surface area contributed by atoms with Crippen molar-refractivity contribution in [3.63, 3.8) is 0 Å². The zero-order valence-electron chi connectivity index (χ0n) is 25.5. The zero-order chi connectivity index (χ0) is 31.3. The molecule has 1 unspecified atom stereocenters. The second kappa shape index (κ2) is 16.6. The van der Waals surface area contributed by atoms with Gasteiger partial charge in [0.25, 0.3) is 0 Å². The maximum absolute atomic E-state index is 12.4. The topological polar surface area (TPSA) is 72.5 Å². The SMILES string of the molecule is COc1ccc(CO[C@@H]2C[C@@H](OCc3ccccc3)[C@H](OCc3ccccc3)[C@@H](C(C#Cc3ccccc3)OC(C)=O)O2)cc1. The maximum Gasteiger partial charge on any atom is 0.303 e. The molecule has 4 aromatic rings. The summed E-state index contributed by atoms with van der Waals surface area (Å²) in [5.74, 6) is 6.57. The highest BCUT2D eigenvalue weighted by molar-refractivity contribution is 5.66. The number of esters is 1. The van der Waals surface area contributed by atoms with E-state index in [1.807, 2.05) is 115 Å². The Balaban J connectivity index is 1.44. The standard InChI is InChI=1S/C38H38O7/c1-28(39)44-34(23-20-29-12-6-3-7-13-29)38-37(43-27-31-16-10-5-11-17-31)35(41-25-30-14-8-4-9-15-30)24-36(45-38)42-26-32-18-21-33(40-2)22-19-32/h3-19,21-22,34-38H,24-27H2,1-2H3/t34?,35-,36+,37+,38-/m1/s1. The number of carbonyl (C=O) groups is 1. The van der Waals surface area contributed by atoms with E-state index in [2.05, 4.69) is 11.8 Å². The van der Waals surface area contributed by atoms with Crippen molar-refractivity contribution < 1.29 is 33.2 Å². The van der Waals surface area contributed by atoms with E-state index in [-0.39, 0.29) is 0 Å². The third-order valence-electron chi connectivity index (χ3n) is 7.33. The minimum atomic E-state index is -0.946. The summed E-state index contributed by atoms with van der Waals surface area (Å²) in [7, 11) is 1.63. The number of hydrogen-bond donors (Lipinski definition) is 0. The molecular weight excluding hydrogens is 568 g/mol. The van der Waals surface area contributed by atoms with Gasteiger partial charge in [-0.3, -0.25) is 4.79 Å². The van der Waals surface area contributed by atoms with Crippen LogP contribution in [0.5, 0.6) is 5.75 Å². The summed E-state index contributed by atoms with van der Waals surface area (Å²) >= 11 is 0. The first-order valence-electron chi connectivity index (χ1n) is 15.0. The molecule has 1 fully saturated rings. The van der Waals surface area contributed by atoms with Crippen LogP contribution in [-0.2, 0) is 48.3 Å². The number of ether oxygens (including phenoxy) is 6. The largest absolute Gasteiger partial charge is 0.497 e. The molecule has 232 valence electrons. The lowest BCUT2D eigenvalue weighted by Gasteiger charge is -2.42. The summed E-state index contributed by atoms with van der Waals surface area (Å²) in [4.78, 5) is 12.4. The van der Waals surface area contributed by atoms with Crippen LogP contribution in [0.3, 0.4) is 0 Å². The van der Waals surface area contributed by atoms with Crippen molar-refractivity contribution in [3.8, 4) is 17.6 Å². The molecule has 5 atom stereocenters. The smallest absolute Gasteiger partial charge is 0.303 e. The molecule has 5 rings (SSSR count). The van der Waals surface area contributed by atoms with Gasteiger partial charge in [-0.25, -0.2) is 0 Å². The molecule has 4 aromatic carbocycles. The van der Waals surface area contributed by atoms with Crippen LogP contribution in [0.2, 0.25) is 0 Å². The Morgan fingerprint density at radius 1 is 0.756 bits per heavy atom. The van der Waals surface area contributed by atoms with Gasteiger partial charge in [-0.05, 0) is 41.0 Å². The molecule has 7 heteroatoms. The fourth-order valence-corrected chi connectivity index (χ4v) is 5.05. The van der Waals surface area contributed by atoms with E-state index in [0.717, 1.165) is 28.0 Å². The van der Waals surface area contributed by atoms with Crippen LogP contribution < -0.4 is 4.74 Å². The molecule has 0 amide bonds. The van der Waals surface area contributed by atoms with E-state index in [4.69, 9.17) is 28.4 Å². The van der Waals surface area contributed by atoms with E-state index >= 15 is 0 Å². The Hall–Kier alpha value is -4.45. The molecule has 0 aliphatic carbocycles. The van der Waals surface area contributed by atoms with Gasteiger partial charge in [0.05, 0.1) is 33.0 Å². The van der Waals surface area contributed by atoms with Crippen molar-refractivity contribution >= 4 is 5.97 Å². The van der Waals surface area contributed by atoms with Crippen LogP contribution >= 0.6 is 0 Å². The zero-order valence-corrected chi connectivity index (χ0v) is 25.5. The average Bonchev–Trinajstić information content (AvgIpc) is 3.09. The first kappa shape index (κ1) is 32.0. The van der Waals surface area contributed by atoms with Crippen molar-refractivity contribution in [2.45, 2.75) is 63.9 Å². The number of methoxy groups -OCH3 is 1. The van der Waals surface area contributed by atoms with Crippen LogP contribution in [0.15, 0.2) is 115 Å². The molecule has 0 saturated carbocycles. The summed E-state index contributed by atoms with van der Waals surface area (Å²) in [6.07, 6.45) is -3.10. The summed E-state index contributed by atoms with van der Waals surface area (Å²) in [6.45, 7) is 2.34. The molecule has 0 spiro atoms. The lowest BCUT2D eigenvalue weighted by Crippen LogP contribution is -2.56. The van der Waals surface area contributed by atoms with E-state index in [1.54, 1.807) is 7.11 Å². The van der Waals surface area contributed by atoms with Crippen LogP contribution in [0.25, 0.3) is 0 Å². The monoisotopic (exact) mass is 606 g/mol. The Kier molecular flexibility index (Phi) is 11.8. The molecule has 0 N–H and O–H groups in total. The number of benzene rings is 4. The molecule has 1 saturated heterocycles. The molecule has 0 aromatic heterocycles. The van der Waals surface area contributed by atoms with Crippen LogP contribution in [0, 0.1) is 11.8 Å². The summed E-state index contributed by atoms with van der Waals surface area (Å²) in [5, 5.41) is 0. The molecular formula is C38H38O7. The highest BCUT2D eigenvalue weighted by Crippen LogP contribution is 2.31. The molecule has 1 heterocycles. The molecule has 1 aliphatic heterocycles. The van der Waals surface area contributed by atoms with Gasteiger partial charge >= 0.3 is 5.97 Å². The predicted molar refractivity (Wildman–Crippen MR) is 170 cm³/mol. The van der Waals surface area contributed by atoms with Crippen molar-refractivity contribution in [2.24, 2.45) is 0 Å². The van der Waals surface area contributed by atoms with Crippen LogP contribution in [0.4, 0.5) is 0 Å². The molecule has 45 heavy (non-hydrogen) atoms. The second-order valence-electron chi connectivity index (χ2n) is 10.7. The average molecular weight is 607 g/mol. The molecule has 1 aliphatic rings. The normalized spacial score (nSPS) is 20.0. The highest BCUT2D eigenvalue weighted by atomic mass is 16.7. The fourth-order valence-electron chi connectivity index (χ4n) is 5.05. The molecule has 0 radical (unpaired) electrons. The third kappa shape index (κ3) is 9.77. The van der Waals surface area contributed by atoms with Gasteiger partial charge in [0.1, 0.15) is 18.0 Å². The first-order chi connectivity index (χ1) is 22.1. The maximum atomic E-state index is 12.4. The number of rotatable bonds is 12. The summed E-state index contributed by atoms with van der Waals surface area (Å²) in [6, 6.07) is 37.0. The van der Waals surface area contributed by atoms with Crippen LogP contribution in [0.1, 0.15) is 35.6 Å². The van der Waals surface area contributed by atoms with Gasteiger partial charge in [-0.15, -0.1) is 0 Å². The van der Waals surface area contributed by atoms with Crippen molar-refractivity contribution in [3.05, 3.63) is 138 Å². The van der Waals surface area contributed by atoms with E-state index in [1.165, 1.54) is 6.92 Å². The van der Waals surface area contributed by atoms with Gasteiger partial charge in [-0.2, -0.15) is 0 Å². The van der Waals surface area contributed by atoms with Crippen molar-refractivity contribution in [2.75, 3.05) is 7.11 Å². The van der Waals surface area contributed by atoms with Gasteiger partial charge in [0, 0.05) is 18.9 Å².